The first-order valence-electron chi connectivity index (χ1n) is 7.62. The lowest BCUT2D eigenvalue weighted by Gasteiger charge is -2.08. The summed E-state index contributed by atoms with van der Waals surface area (Å²) in [6, 6.07) is 16.6. The molecule has 1 aliphatic rings. The fourth-order valence-corrected chi connectivity index (χ4v) is 3.06. The summed E-state index contributed by atoms with van der Waals surface area (Å²) in [5.74, 6) is 0.355. The van der Waals surface area contributed by atoms with Crippen molar-refractivity contribution in [2.24, 2.45) is 0 Å². The number of carbonyl (C=O) groups excluding carboxylic acids is 2. The van der Waals surface area contributed by atoms with Crippen molar-refractivity contribution in [1.82, 2.24) is 4.90 Å². The fourth-order valence-electron chi connectivity index (χ4n) is 2.24. The average molecular weight is 352 g/mol. The Morgan fingerprint density at radius 3 is 2.40 bits per heavy atom. The van der Waals surface area contributed by atoms with Crippen LogP contribution < -0.4 is 4.74 Å². The zero-order valence-electron chi connectivity index (χ0n) is 13.6. The molecule has 2 amide bonds. The summed E-state index contributed by atoms with van der Waals surface area (Å²) >= 11 is 0.932. The van der Waals surface area contributed by atoms with Gasteiger partial charge in [-0.25, -0.2) is 0 Å². The van der Waals surface area contributed by atoms with E-state index in [4.69, 9.17) is 10.1 Å². The third-order valence-electron chi connectivity index (χ3n) is 3.67. The summed E-state index contributed by atoms with van der Waals surface area (Å²) < 4.78 is 5.62. The second-order valence-electron chi connectivity index (χ2n) is 5.44. The van der Waals surface area contributed by atoms with Crippen molar-refractivity contribution in [3.63, 3.8) is 0 Å². The van der Waals surface area contributed by atoms with Crippen LogP contribution in [0, 0.1) is 5.41 Å². The number of rotatable bonds is 5. The Labute approximate surface area is 149 Å². The number of thioether (sulfide) groups is 1. The molecule has 0 radical (unpaired) electrons. The van der Waals surface area contributed by atoms with E-state index in [0.29, 0.717) is 16.4 Å². The molecule has 1 heterocycles. The number of hydrogen-bond donors (Lipinski definition) is 1. The maximum atomic E-state index is 11.9. The Bertz CT molecular complexity index is 845. The van der Waals surface area contributed by atoms with Crippen molar-refractivity contribution in [1.29, 1.82) is 5.41 Å². The first-order valence-corrected chi connectivity index (χ1v) is 8.43. The van der Waals surface area contributed by atoms with Crippen molar-refractivity contribution in [3.05, 3.63) is 70.6 Å². The van der Waals surface area contributed by atoms with Crippen molar-refractivity contribution in [3.8, 4) is 5.75 Å². The molecule has 2 aromatic rings. The van der Waals surface area contributed by atoms with Gasteiger partial charge in [-0.15, -0.1) is 0 Å². The summed E-state index contributed by atoms with van der Waals surface area (Å²) in [4.78, 5) is 24.9. The lowest BCUT2D eigenvalue weighted by Crippen LogP contribution is -2.22. The summed E-state index contributed by atoms with van der Waals surface area (Å²) in [5.41, 5.74) is 2.04. The van der Waals surface area contributed by atoms with Gasteiger partial charge in [0.15, 0.2) is 0 Å². The smallest absolute Gasteiger partial charge is 0.293 e. The van der Waals surface area contributed by atoms with Crippen LogP contribution in [0.2, 0.25) is 0 Å². The highest BCUT2D eigenvalue weighted by molar-refractivity contribution is 8.18. The molecule has 0 saturated carbocycles. The molecule has 3 rings (SSSR count). The highest BCUT2D eigenvalue weighted by atomic mass is 32.2. The first kappa shape index (κ1) is 17.0. The highest BCUT2D eigenvalue weighted by Gasteiger charge is 2.31. The number of imide groups is 1. The van der Waals surface area contributed by atoms with Crippen molar-refractivity contribution in [2.75, 3.05) is 13.7 Å². The van der Waals surface area contributed by atoms with E-state index < -0.39 is 0 Å². The molecule has 0 aromatic heterocycles. The Morgan fingerprint density at radius 2 is 1.80 bits per heavy atom. The molecule has 0 bridgehead atoms. The predicted octanol–water partition coefficient (Wildman–Crippen LogP) is 3.80. The average Bonchev–Trinajstić information content (AvgIpc) is 2.88. The molecular formula is C19H16N2O3S. The van der Waals surface area contributed by atoms with Gasteiger partial charge in [0.2, 0.25) is 0 Å². The van der Waals surface area contributed by atoms with Gasteiger partial charge in [-0.1, -0.05) is 42.5 Å². The Kier molecular flexibility index (Phi) is 5.00. The third-order valence-corrected chi connectivity index (χ3v) is 4.63. The molecule has 1 aliphatic heterocycles. The largest absolute Gasteiger partial charge is 0.487 e. The molecule has 2 aromatic carbocycles. The summed E-state index contributed by atoms with van der Waals surface area (Å²) in [6.07, 6.45) is 1.68. The molecule has 0 unspecified atom stereocenters. The quantitative estimate of drug-likeness (QED) is 0.656. The van der Waals surface area contributed by atoms with E-state index in [0.717, 1.165) is 27.8 Å². The van der Waals surface area contributed by atoms with E-state index in [1.807, 2.05) is 42.5 Å². The Balaban J connectivity index is 1.62. The van der Waals surface area contributed by atoms with Crippen LogP contribution in [0.15, 0.2) is 59.5 Å². The molecule has 1 N–H and O–H groups in total. The highest BCUT2D eigenvalue weighted by Crippen LogP contribution is 2.31. The topological polar surface area (TPSA) is 70.5 Å². The standard InChI is InChI=1S/C19H16N2O3S/c1-21-18(22)17(25-19(21)23)11-13-7-9-15(10-8-13)24-12-16(20)14-5-3-2-4-6-14/h2-11,20H,12H2,1H3/b17-11-,20-16?. The molecule has 0 aliphatic carbocycles. The van der Waals surface area contributed by atoms with Crippen LogP contribution in [0.25, 0.3) is 6.08 Å². The van der Waals surface area contributed by atoms with Gasteiger partial charge in [0.25, 0.3) is 11.1 Å². The zero-order valence-corrected chi connectivity index (χ0v) is 14.4. The van der Waals surface area contributed by atoms with E-state index in [1.165, 1.54) is 7.05 Å². The van der Waals surface area contributed by atoms with Crippen LogP contribution >= 0.6 is 11.8 Å². The molecule has 0 atom stereocenters. The van der Waals surface area contributed by atoms with E-state index in [1.54, 1.807) is 18.2 Å². The number of carbonyl (C=O) groups is 2. The Hall–Kier alpha value is -2.86. The number of ether oxygens (including phenoxy) is 1. The van der Waals surface area contributed by atoms with Crippen LogP contribution in [0.3, 0.4) is 0 Å². The SMILES string of the molecule is CN1C(=O)S/C(=C\c2ccc(OCC(=N)c3ccccc3)cc2)C1=O. The zero-order chi connectivity index (χ0) is 17.8. The normalized spacial score (nSPS) is 15.7. The number of likely N-dealkylation sites (N-methyl/N-ethyl adjacent to an activating group) is 1. The number of hydrogen-bond acceptors (Lipinski definition) is 5. The van der Waals surface area contributed by atoms with E-state index >= 15 is 0 Å². The molecule has 126 valence electrons. The van der Waals surface area contributed by atoms with Crippen LogP contribution in [0.4, 0.5) is 4.79 Å². The van der Waals surface area contributed by atoms with Crippen LogP contribution in [0.5, 0.6) is 5.75 Å². The van der Waals surface area contributed by atoms with Crippen molar-refractivity contribution < 1.29 is 14.3 Å². The van der Waals surface area contributed by atoms with Gasteiger partial charge in [-0.05, 0) is 41.1 Å². The van der Waals surface area contributed by atoms with Crippen LogP contribution in [0.1, 0.15) is 11.1 Å². The fraction of sp³-hybridized carbons (Fsp3) is 0.105. The van der Waals surface area contributed by atoms with Gasteiger partial charge in [0.1, 0.15) is 12.4 Å². The minimum atomic E-state index is -0.286. The van der Waals surface area contributed by atoms with E-state index in [2.05, 4.69) is 0 Å². The number of nitrogens with zero attached hydrogens (tertiary/aromatic N) is 1. The minimum absolute atomic E-state index is 0.179. The first-order chi connectivity index (χ1) is 12.0. The molecule has 1 saturated heterocycles. The van der Waals surface area contributed by atoms with Gasteiger partial charge >= 0.3 is 0 Å². The second-order valence-corrected chi connectivity index (χ2v) is 6.44. The summed E-state index contributed by atoms with van der Waals surface area (Å²) in [6.45, 7) is 0.179. The summed E-state index contributed by atoms with van der Waals surface area (Å²) in [5, 5.41) is 7.75. The second kappa shape index (κ2) is 7.36. The molecule has 25 heavy (non-hydrogen) atoms. The van der Waals surface area contributed by atoms with Crippen molar-refractivity contribution in [2.45, 2.75) is 0 Å². The van der Waals surface area contributed by atoms with Crippen molar-refractivity contribution >= 4 is 34.7 Å². The van der Waals surface area contributed by atoms with Gasteiger partial charge in [-0.3, -0.25) is 14.5 Å². The number of benzene rings is 2. The molecular weight excluding hydrogens is 336 g/mol. The van der Waals surface area contributed by atoms with Gasteiger partial charge in [-0.2, -0.15) is 0 Å². The number of amides is 2. The summed E-state index contributed by atoms with van der Waals surface area (Å²) in [7, 11) is 1.47. The van der Waals surface area contributed by atoms with E-state index in [-0.39, 0.29) is 17.8 Å². The van der Waals surface area contributed by atoms with E-state index in [9.17, 15) is 9.59 Å². The molecule has 6 heteroatoms. The molecule has 0 spiro atoms. The monoisotopic (exact) mass is 352 g/mol. The van der Waals surface area contributed by atoms with Gasteiger partial charge in [0.05, 0.1) is 10.6 Å². The molecule has 5 nitrogen and oxygen atoms in total. The van der Waals surface area contributed by atoms with Crippen LogP contribution in [-0.2, 0) is 4.79 Å². The Morgan fingerprint density at radius 1 is 1.12 bits per heavy atom. The minimum Gasteiger partial charge on any atom is -0.487 e. The lowest BCUT2D eigenvalue weighted by atomic mass is 10.1. The number of nitrogens with one attached hydrogen (secondary N) is 1. The van der Waals surface area contributed by atoms with Gasteiger partial charge < -0.3 is 10.1 Å². The van der Waals surface area contributed by atoms with Crippen LogP contribution in [-0.4, -0.2) is 35.4 Å². The predicted molar refractivity (Wildman–Crippen MR) is 98.9 cm³/mol. The maximum absolute atomic E-state index is 11.9. The van der Waals surface area contributed by atoms with Gasteiger partial charge in [0, 0.05) is 7.05 Å². The maximum Gasteiger partial charge on any atom is 0.293 e. The lowest BCUT2D eigenvalue weighted by molar-refractivity contribution is -0.121. The third kappa shape index (κ3) is 3.97. The molecule has 1 fully saturated rings.